The van der Waals surface area contributed by atoms with E-state index < -0.39 is 17.1 Å². The van der Waals surface area contributed by atoms with Crippen LogP contribution in [0.4, 0.5) is 13.2 Å². The Hall–Kier alpha value is -3.00. The molecule has 0 aliphatic carbocycles. The summed E-state index contributed by atoms with van der Waals surface area (Å²) >= 11 is 6.02. The topological polar surface area (TPSA) is 56.4 Å². The lowest BCUT2D eigenvalue weighted by Gasteiger charge is -2.28. The zero-order valence-electron chi connectivity index (χ0n) is 20.4. The van der Waals surface area contributed by atoms with Crippen molar-refractivity contribution < 1.29 is 22.8 Å². The van der Waals surface area contributed by atoms with Gasteiger partial charge in [0.15, 0.2) is 0 Å². The van der Waals surface area contributed by atoms with E-state index in [0.29, 0.717) is 25.1 Å². The third-order valence-corrected chi connectivity index (χ3v) is 6.28. The van der Waals surface area contributed by atoms with Gasteiger partial charge in [-0.05, 0) is 49.1 Å². The first-order chi connectivity index (χ1) is 17.1. The molecule has 1 atom stereocenters. The van der Waals surface area contributed by atoms with Crippen LogP contribution in [0.1, 0.15) is 43.4 Å². The Balaban J connectivity index is 1.81. The Morgan fingerprint density at radius 3 is 2.36 bits per heavy atom. The number of fused-ring (bicyclic) bond motifs is 1. The molecule has 36 heavy (non-hydrogen) atoms. The van der Waals surface area contributed by atoms with Crippen LogP contribution in [0.2, 0.25) is 0 Å². The Labute approximate surface area is 214 Å². The number of rotatable bonds is 11. The summed E-state index contributed by atoms with van der Waals surface area (Å²) in [6.07, 6.45) is -0.397. The predicted octanol–water partition coefficient (Wildman–Crippen LogP) is 6.01. The van der Waals surface area contributed by atoms with Crippen molar-refractivity contribution in [2.75, 3.05) is 19.6 Å². The van der Waals surface area contributed by atoms with Crippen molar-refractivity contribution in [3.05, 3.63) is 71.4 Å². The van der Waals surface area contributed by atoms with Crippen LogP contribution in [-0.2, 0) is 28.7 Å². The number of para-hydroxylation sites is 1. The molecule has 3 rings (SSSR count). The van der Waals surface area contributed by atoms with E-state index in [2.05, 4.69) is 4.98 Å². The van der Waals surface area contributed by atoms with Gasteiger partial charge >= 0.3 is 6.18 Å². The van der Waals surface area contributed by atoms with Crippen LogP contribution < -0.4 is 0 Å². The van der Waals surface area contributed by atoms with Crippen LogP contribution >= 0.6 is 11.6 Å². The van der Waals surface area contributed by atoms with Crippen molar-refractivity contribution in [2.24, 2.45) is 0 Å². The number of alkyl halides is 4. The molecule has 0 aliphatic heterocycles. The number of amides is 2. The number of carbonyl (C=O) groups is 2. The highest BCUT2D eigenvalue weighted by Crippen LogP contribution is 2.29. The Kier molecular flexibility index (Phi) is 9.43. The standard InChI is InChI=1S/C27H31ClF3N3O2/c1-3-4-14-34(26(36)19(2)28)18-25(35)33(17-20-9-11-22(12-10-20)27(29,30)31)15-13-21-16-32-24-8-6-5-7-23(21)24/h5-12,16,19,32H,3-4,13-15,17-18H2,1-2H3. The van der Waals surface area contributed by atoms with E-state index in [1.165, 1.54) is 17.0 Å². The molecule has 3 aromatic rings. The SMILES string of the molecule is CCCCN(CC(=O)N(CCc1c[nH]c2ccccc12)Cc1ccc(C(F)(F)F)cc1)C(=O)C(C)Cl. The van der Waals surface area contributed by atoms with E-state index in [4.69, 9.17) is 11.6 Å². The van der Waals surface area contributed by atoms with Gasteiger partial charge in [-0.15, -0.1) is 11.6 Å². The second kappa shape index (κ2) is 12.3. The minimum absolute atomic E-state index is 0.131. The number of unbranched alkanes of at least 4 members (excludes halogenated alkanes) is 1. The van der Waals surface area contributed by atoms with Gasteiger partial charge in [-0.25, -0.2) is 0 Å². The fourth-order valence-electron chi connectivity index (χ4n) is 4.04. The van der Waals surface area contributed by atoms with Crippen molar-refractivity contribution in [1.29, 1.82) is 0 Å². The van der Waals surface area contributed by atoms with Crippen molar-refractivity contribution in [1.82, 2.24) is 14.8 Å². The van der Waals surface area contributed by atoms with Gasteiger partial charge in [0.25, 0.3) is 0 Å². The quantitative estimate of drug-likeness (QED) is 0.314. The number of hydrogen-bond donors (Lipinski definition) is 1. The van der Waals surface area contributed by atoms with E-state index >= 15 is 0 Å². The van der Waals surface area contributed by atoms with Gasteiger partial charge in [0.1, 0.15) is 5.38 Å². The summed E-state index contributed by atoms with van der Waals surface area (Å²) in [5.74, 6) is -0.596. The van der Waals surface area contributed by atoms with Crippen LogP contribution in [0, 0.1) is 0 Å². The van der Waals surface area contributed by atoms with Gasteiger partial charge < -0.3 is 14.8 Å². The van der Waals surface area contributed by atoms with Gasteiger partial charge in [0.05, 0.1) is 12.1 Å². The van der Waals surface area contributed by atoms with Crippen molar-refractivity contribution in [3.8, 4) is 0 Å². The van der Waals surface area contributed by atoms with Gasteiger partial charge in [-0.3, -0.25) is 9.59 Å². The normalized spacial score (nSPS) is 12.5. The number of carbonyl (C=O) groups excluding carboxylic acids is 2. The van der Waals surface area contributed by atoms with Gasteiger partial charge in [0.2, 0.25) is 11.8 Å². The summed E-state index contributed by atoms with van der Waals surface area (Å²) < 4.78 is 39.0. The molecule has 9 heteroatoms. The molecule has 0 bridgehead atoms. The summed E-state index contributed by atoms with van der Waals surface area (Å²) in [7, 11) is 0. The molecule has 1 aromatic heterocycles. The number of nitrogens with zero attached hydrogens (tertiary/aromatic N) is 2. The van der Waals surface area contributed by atoms with E-state index in [1.807, 2.05) is 37.4 Å². The lowest BCUT2D eigenvalue weighted by molar-refractivity contribution is -0.140. The minimum Gasteiger partial charge on any atom is -0.361 e. The number of aromatic amines is 1. The maximum absolute atomic E-state index is 13.4. The second-order valence-electron chi connectivity index (χ2n) is 8.85. The molecule has 2 aromatic carbocycles. The average molecular weight is 522 g/mol. The molecule has 0 spiro atoms. The molecule has 0 fully saturated rings. The summed E-state index contributed by atoms with van der Waals surface area (Å²) in [6.45, 7) is 4.32. The first-order valence-corrected chi connectivity index (χ1v) is 12.5. The van der Waals surface area contributed by atoms with E-state index in [-0.39, 0.29) is 24.9 Å². The molecule has 0 saturated heterocycles. The van der Waals surface area contributed by atoms with Crippen LogP contribution in [0.5, 0.6) is 0 Å². The molecule has 2 amide bonds. The number of aromatic nitrogens is 1. The number of hydrogen-bond acceptors (Lipinski definition) is 2. The zero-order chi connectivity index (χ0) is 26.3. The van der Waals surface area contributed by atoms with Gasteiger partial charge in [-0.1, -0.05) is 43.7 Å². The van der Waals surface area contributed by atoms with Crippen molar-refractivity contribution >= 4 is 34.3 Å². The lowest BCUT2D eigenvalue weighted by atomic mass is 10.1. The highest BCUT2D eigenvalue weighted by atomic mass is 35.5. The van der Waals surface area contributed by atoms with Crippen molar-refractivity contribution in [2.45, 2.75) is 51.2 Å². The number of halogens is 4. The lowest BCUT2D eigenvalue weighted by Crippen LogP contribution is -2.45. The summed E-state index contributed by atoms with van der Waals surface area (Å²) in [6, 6.07) is 12.6. The fourth-order valence-corrected chi connectivity index (χ4v) is 4.17. The smallest absolute Gasteiger partial charge is 0.361 e. The summed E-state index contributed by atoms with van der Waals surface area (Å²) in [5.41, 5.74) is 1.85. The molecule has 5 nitrogen and oxygen atoms in total. The second-order valence-corrected chi connectivity index (χ2v) is 9.50. The van der Waals surface area contributed by atoms with E-state index in [0.717, 1.165) is 41.4 Å². The third kappa shape index (κ3) is 7.26. The Morgan fingerprint density at radius 2 is 1.72 bits per heavy atom. The number of H-pyrrole nitrogens is 1. The molecule has 0 aliphatic rings. The Morgan fingerprint density at radius 1 is 1.03 bits per heavy atom. The molecule has 1 heterocycles. The predicted molar refractivity (Wildman–Crippen MR) is 136 cm³/mol. The van der Waals surface area contributed by atoms with Crippen LogP contribution in [0.15, 0.2) is 54.7 Å². The summed E-state index contributed by atoms with van der Waals surface area (Å²) in [5, 5.41) is 0.291. The van der Waals surface area contributed by atoms with Crippen LogP contribution in [0.25, 0.3) is 10.9 Å². The maximum Gasteiger partial charge on any atom is 0.416 e. The molecule has 0 saturated carbocycles. The summed E-state index contributed by atoms with van der Waals surface area (Å²) in [4.78, 5) is 32.3. The molecule has 194 valence electrons. The zero-order valence-corrected chi connectivity index (χ0v) is 21.2. The maximum atomic E-state index is 13.4. The van der Waals surface area contributed by atoms with Crippen LogP contribution in [0.3, 0.4) is 0 Å². The first kappa shape index (κ1) is 27.6. The van der Waals surface area contributed by atoms with E-state index in [1.54, 1.807) is 11.8 Å². The molecular formula is C27H31ClF3N3O2. The Bertz CT molecular complexity index is 1160. The van der Waals surface area contributed by atoms with Crippen LogP contribution in [-0.4, -0.2) is 51.6 Å². The van der Waals surface area contributed by atoms with Crippen molar-refractivity contribution in [3.63, 3.8) is 0 Å². The molecule has 0 radical (unpaired) electrons. The number of nitrogens with one attached hydrogen (secondary N) is 1. The van der Waals surface area contributed by atoms with E-state index in [9.17, 15) is 22.8 Å². The monoisotopic (exact) mass is 521 g/mol. The minimum atomic E-state index is -4.43. The van der Waals surface area contributed by atoms with Gasteiger partial charge in [-0.2, -0.15) is 13.2 Å². The number of benzene rings is 2. The largest absolute Gasteiger partial charge is 0.416 e. The molecular weight excluding hydrogens is 491 g/mol. The first-order valence-electron chi connectivity index (χ1n) is 12.0. The molecule has 1 N–H and O–H groups in total. The highest BCUT2D eigenvalue weighted by molar-refractivity contribution is 6.30. The molecule has 1 unspecified atom stereocenters. The highest BCUT2D eigenvalue weighted by Gasteiger charge is 2.30. The third-order valence-electron chi connectivity index (χ3n) is 6.09. The van der Waals surface area contributed by atoms with Gasteiger partial charge in [0, 0.05) is 36.7 Å². The fraction of sp³-hybridized carbons (Fsp3) is 0.407. The average Bonchev–Trinajstić information content (AvgIpc) is 3.26.